The third-order valence-electron chi connectivity index (χ3n) is 3.11. The van der Waals surface area contributed by atoms with Crippen molar-refractivity contribution in [3.63, 3.8) is 0 Å². The van der Waals surface area contributed by atoms with Crippen LogP contribution in [0.25, 0.3) is 10.9 Å². The molecule has 1 aromatic heterocycles. The van der Waals surface area contributed by atoms with E-state index in [4.69, 9.17) is 16.3 Å². The van der Waals surface area contributed by atoms with E-state index in [0.717, 1.165) is 0 Å². The fourth-order valence-corrected chi connectivity index (χ4v) is 2.75. The second kappa shape index (κ2) is 6.02. The molecule has 0 radical (unpaired) electrons. The maximum atomic E-state index is 13.6. The van der Waals surface area contributed by atoms with Crippen molar-refractivity contribution in [2.45, 2.75) is 6.18 Å². The van der Waals surface area contributed by atoms with Gasteiger partial charge in [0.1, 0.15) is 11.3 Å². The lowest BCUT2D eigenvalue weighted by molar-refractivity contribution is -0.137. The second-order valence-corrected chi connectivity index (χ2v) is 5.95. The van der Waals surface area contributed by atoms with Crippen LogP contribution in [0.15, 0.2) is 53.0 Å². The second-order valence-electron chi connectivity index (χ2n) is 4.68. The third-order valence-corrected chi connectivity index (χ3v) is 3.86. The van der Waals surface area contributed by atoms with E-state index in [1.807, 2.05) is 0 Å². The van der Waals surface area contributed by atoms with Gasteiger partial charge in [0, 0.05) is 9.86 Å². The molecule has 0 amide bonds. The summed E-state index contributed by atoms with van der Waals surface area (Å²) >= 11 is 9.13. The van der Waals surface area contributed by atoms with Crippen molar-refractivity contribution in [1.82, 2.24) is 4.98 Å². The van der Waals surface area contributed by atoms with E-state index in [1.54, 1.807) is 36.4 Å². The van der Waals surface area contributed by atoms with Crippen LogP contribution in [0.1, 0.15) is 5.56 Å². The van der Waals surface area contributed by atoms with Gasteiger partial charge < -0.3 is 4.74 Å². The summed E-state index contributed by atoms with van der Waals surface area (Å²) in [4.78, 5) is 4.01. The highest BCUT2D eigenvalue weighted by Crippen LogP contribution is 2.45. The number of halogens is 5. The van der Waals surface area contributed by atoms with Crippen LogP contribution < -0.4 is 4.74 Å². The van der Waals surface area contributed by atoms with Gasteiger partial charge in [0.05, 0.1) is 5.52 Å². The van der Waals surface area contributed by atoms with Gasteiger partial charge >= 0.3 is 6.18 Å². The Morgan fingerprint density at radius 3 is 2.39 bits per heavy atom. The Hall–Kier alpha value is -1.79. The average Bonchev–Trinajstić information content (AvgIpc) is 2.48. The highest BCUT2D eigenvalue weighted by atomic mass is 79.9. The summed E-state index contributed by atoms with van der Waals surface area (Å²) in [5.74, 6) is -0.257. The van der Waals surface area contributed by atoms with Crippen molar-refractivity contribution in [3.8, 4) is 11.5 Å². The molecule has 118 valence electrons. The molecule has 0 fully saturated rings. The van der Waals surface area contributed by atoms with Crippen LogP contribution in [0.2, 0.25) is 5.15 Å². The van der Waals surface area contributed by atoms with Crippen molar-refractivity contribution in [2.75, 3.05) is 0 Å². The summed E-state index contributed by atoms with van der Waals surface area (Å²) in [5, 5.41) is -0.418. The number of fused-ring (bicyclic) bond motifs is 1. The average molecular weight is 403 g/mol. The normalized spacial score (nSPS) is 11.7. The molecular weight excluding hydrogens is 395 g/mol. The Bertz CT molecular complexity index is 869. The number of nitrogens with zero attached hydrogens (tertiary/aromatic N) is 1. The molecule has 3 rings (SSSR count). The molecule has 2 nitrogen and oxygen atoms in total. The first-order valence-electron chi connectivity index (χ1n) is 6.45. The molecule has 1 heterocycles. The molecule has 0 saturated carbocycles. The first-order valence-corrected chi connectivity index (χ1v) is 7.62. The quantitative estimate of drug-likeness (QED) is 0.459. The van der Waals surface area contributed by atoms with Crippen LogP contribution >= 0.6 is 27.5 Å². The Kier molecular flexibility index (Phi) is 4.21. The molecule has 0 aliphatic rings. The van der Waals surface area contributed by atoms with E-state index in [2.05, 4.69) is 20.9 Å². The summed E-state index contributed by atoms with van der Waals surface area (Å²) in [6.45, 7) is 0. The number of benzene rings is 2. The zero-order valence-corrected chi connectivity index (χ0v) is 13.7. The highest BCUT2D eigenvalue weighted by molar-refractivity contribution is 9.10. The summed E-state index contributed by atoms with van der Waals surface area (Å²) < 4.78 is 46.7. The Morgan fingerprint density at radius 1 is 1.04 bits per heavy atom. The molecule has 0 atom stereocenters. The molecule has 23 heavy (non-hydrogen) atoms. The Labute approximate surface area is 143 Å². The van der Waals surface area contributed by atoms with E-state index in [0.29, 0.717) is 4.47 Å². The van der Waals surface area contributed by atoms with Gasteiger partial charge in [0.25, 0.3) is 0 Å². The molecule has 3 aromatic rings. The van der Waals surface area contributed by atoms with Gasteiger partial charge in [0.15, 0.2) is 10.9 Å². The van der Waals surface area contributed by atoms with Gasteiger partial charge in [-0.15, -0.1) is 0 Å². The van der Waals surface area contributed by atoms with Crippen LogP contribution in [0.5, 0.6) is 11.5 Å². The zero-order valence-electron chi connectivity index (χ0n) is 11.4. The summed E-state index contributed by atoms with van der Waals surface area (Å²) in [5.41, 5.74) is -0.802. The predicted molar refractivity (Wildman–Crippen MR) is 86.0 cm³/mol. The summed E-state index contributed by atoms with van der Waals surface area (Å²) in [6, 6.07) is 12.5. The number of para-hydroxylation sites is 1. The minimum atomic E-state index is -4.64. The van der Waals surface area contributed by atoms with Crippen molar-refractivity contribution in [2.24, 2.45) is 0 Å². The molecule has 0 saturated heterocycles. The van der Waals surface area contributed by atoms with Crippen LogP contribution in [0.3, 0.4) is 0 Å². The number of ether oxygens (including phenoxy) is 1. The van der Waals surface area contributed by atoms with Gasteiger partial charge in [0.2, 0.25) is 0 Å². The van der Waals surface area contributed by atoms with Crippen LogP contribution in [-0.2, 0) is 6.18 Å². The Morgan fingerprint density at radius 2 is 1.74 bits per heavy atom. The molecule has 0 aliphatic heterocycles. The van der Waals surface area contributed by atoms with Gasteiger partial charge in [-0.25, -0.2) is 4.98 Å². The van der Waals surface area contributed by atoms with Gasteiger partial charge in [-0.2, -0.15) is 13.2 Å². The number of pyridine rings is 1. The third kappa shape index (κ3) is 3.28. The van der Waals surface area contributed by atoms with E-state index >= 15 is 0 Å². The smallest absolute Gasteiger partial charge is 0.420 e. The topological polar surface area (TPSA) is 22.1 Å². The minimum absolute atomic E-state index is 0.0813. The predicted octanol–water partition coefficient (Wildman–Crippen LogP) is 6.46. The Balaban J connectivity index is 2.29. The van der Waals surface area contributed by atoms with Gasteiger partial charge in [-0.3, -0.25) is 0 Å². The van der Waals surface area contributed by atoms with E-state index < -0.39 is 17.5 Å². The molecule has 0 spiro atoms. The van der Waals surface area contributed by atoms with Crippen molar-refractivity contribution in [3.05, 3.63) is 63.7 Å². The van der Waals surface area contributed by atoms with E-state index in [-0.39, 0.29) is 21.8 Å². The molecule has 0 unspecified atom stereocenters. The fraction of sp³-hybridized carbons (Fsp3) is 0.0625. The molecular formula is C16H8BrClF3NO. The maximum absolute atomic E-state index is 13.6. The highest BCUT2D eigenvalue weighted by Gasteiger charge is 2.38. The maximum Gasteiger partial charge on any atom is 0.420 e. The zero-order chi connectivity index (χ0) is 16.6. The summed E-state index contributed by atoms with van der Waals surface area (Å²) in [7, 11) is 0. The molecule has 0 bridgehead atoms. The lowest BCUT2D eigenvalue weighted by atomic mass is 10.1. The fourth-order valence-electron chi connectivity index (χ4n) is 2.17. The first kappa shape index (κ1) is 16.1. The lowest BCUT2D eigenvalue weighted by Gasteiger charge is -2.17. The minimum Gasteiger partial charge on any atom is -0.453 e. The van der Waals surface area contributed by atoms with Crippen LogP contribution in [-0.4, -0.2) is 4.98 Å². The number of hydrogen-bond donors (Lipinski definition) is 0. The largest absolute Gasteiger partial charge is 0.453 e. The monoisotopic (exact) mass is 401 g/mol. The van der Waals surface area contributed by atoms with E-state index in [1.165, 1.54) is 12.1 Å². The molecule has 0 aliphatic carbocycles. The number of aromatic nitrogens is 1. The molecule has 7 heteroatoms. The number of rotatable bonds is 2. The SMILES string of the molecule is FC(F)(F)c1c(Oc2ccccc2)c(Cl)nc2ccc(Br)cc12. The van der Waals surface area contributed by atoms with Crippen molar-refractivity contribution < 1.29 is 17.9 Å². The number of hydrogen-bond acceptors (Lipinski definition) is 2. The standard InChI is InChI=1S/C16H8BrClF3NO/c17-9-6-7-12-11(8-9)13(16(19,20)21)14(15(18)22-12)23-10-4-2-1-3-5-10/h1-8H. The number of alkyl halides is 3. The van der Waals surface area contributed by atoms with Gasteiger partial charge in [-0.05, 0) is 30.3 Å². The lowest BCUT2D eigenvalue weighted by Crippen LogP contribution is -2.09. The van der Waals surface area contributed by atoms with Gasteiger partial charge in [-0.1, -0.05) is 45.7 Å². The molecule has 0 N–H and O–H groups in total. The van der Waals surface area contributed by atoms with E-state index in [9.17, 15) is 13.2 Å². The summed E-state index contributed by atoms with van der Waals surface area (Å²) in [6.07, 6.45) is -4.64. The first-order chi connectivity index (χ1) is 10.9. The van der Waals surface area contributed by atoms with Crippen LogP contribution in [0.4, 0.5) is 13.2 Å². The molecule has 2 aromatic carbocycles. The van der Waals surface area contributed by atoms with Crippen molar-refractivity contribution >= 4 is 38.4 Å². The van der Waals surface area contributed by atoms with Crippen LogP contribution in [0, 0.1) is 0 Å². The van der Waals surface area contributed by atoms with Crippen molar-refractivity contribution in [1.29, 1.82) is 0 Å².